The van der Waals surface area contributed by atoms with Crippen molar-refractivity contribution >= 4 is 11.6 Å². The number of nitrogens with zero attached hydrogens (tertiary/aromatic N) is 3. The standard InChI is InChI=1S/C18H15F3N6O/c19-18(20,21)13-5-2-1-4-11(13)14-7-9-27-16(25-14)12(10-24-27)17(28)26-15(23)6-3-8-22/h1-10H,22-23H2,(H,26,28)/b8-3-,15-6+. The molecule has 0 unspecified atom stereocenters. The van der Waals surface area contributed by atoms with E-state index in [1.807, 2.05) is 0 Å². The summed E-state index contributed by atoms with van der Waals surface area (Å²) in [6.07, 6.45) is 2.18. The van der Waals surface area contributed by atoms with Crippen LogP contribution in [0.15, 0.2) is 66.9 Å². The van der Waals surface area contributed by atoms with Crippen LogP contribution in [0.25, 0.3) is 16.9 Å². The Labute approximate surface area is 157 Å². The molecular weight excluding hydrogens is 373 g/mol. The molecule has 0 saturated heterocycles. The van der Waals surface area contributed by atoms with Gasteiger partial charge in [-0.25, -0.2) is 9.50 Å². The Morgan fingerprint density at radius 1 is 1.21 bits per heavy atom. The fourth-order valence-corrected chi connectivity index (χ4v) is 2.53. The maximum absolute atomic E-state index is 13.3. The first-order valence-electron chi connectivity index (χ1n) is 7.97. The zero-order chi connectivity index (χ0) is 20.3. The van der Waals surface area contributed by atoms with Crippen LogP contribution in [0, 0.1) is 0 Å². The van der Waals surface area contributed by atoms with Gasteiger partial charge >= 0.3 is 6.18 Å². The highest BCUT2D eigenvalue weighted by atomic mass is 19.4. The third kappa shape index (κ3) is 3.80. The third-order valence-electron chi connectivity index (χ3n) is 3.77. The highest BCUT2D eigenvalue weighted by molar-refractivity contribution is 6.00. The van der Waals surface area contributed by atoms with E-state index in [-0.39, 0.29) is 28.3 Å². The minimum Gasteiger partial charge on any atom is -0.405 e. The molecule has 10 heteroatoms. The van der Waals surface area contributed by atoms with Crippen LogP contribution in [0.3, 0.4) is 0 Å². The smallest absolute Gasteiger partial charge is 0.405 e. The molecular formula is C18H15F3N6O. The molecule has 28 heavy (non-hydrogen) atoms. The first-order valence-corrected chi connectivity index (χ1v) is 7.97. The number of nitrogens with two attached hydrogens (primary N) is 2. The Morgan fingerprint density at radius 2 is 1.96 bits per heavy atom. The van der Waals surface area contributed by atoms with E-state index in [0.29, 0.717) is 0 Å². The number of fused-ring (bicyclic) bond motifs is 1. The van der Waals surface area contributed by atoms with Crippen molar-refractivity contribution in [3.63, 3.8) is 0 Å². The maximum Gasteiger partial charge on any atom is 0.417 e. The number of carbonyl (C=O) groups is 1. The topological polar surface area (TPSA) is 111 Å². The number of benzene rings is 1. The molecule has 1 amide bonds. The van der Waals surface area contributed by atoms with Crippen molar-refractivity contribution < 1.29 is 18.0 Å². The van der Waals surface area contributed by atoms with E-state index in [0.717, 1.165) is 6.07 Å². The van der Waals surface area contributed by atoms with E-state index < -0.39 is 17.6 Å². The van der Waals surface area contributed by atoms with Gasteiger partial charge in [0.1, 0.15) is 11.4 Å². The second-order valence-corrected chi connectivity index (χ2v) is 5.64. The first-order chi connectivity index (χ1) is 13.3. The van der Waals surface area contributed by atoms with Crippen molar-refractivity contribution in [3.05, 3.63) is 78.0 Å². The Kier molecular flexibility index (Phi) is 5.03. The van der Waals surface area contributed by atoms with Crippen LogP contribution in [0.1, 0.15) is 15.9 Å². The lowest BCUT2D eigenvalue weighted by atomic mass is 10.0. The average Bonchev–Trinajstić information content (AvgIpc) is 3.09. The molecule has 0 aliphatic rings. The van der Waals surface area contributed by atoms with Gasteiger partial charge in [0, 0.05) is 11.8 Å². The molecule has 0 fully saturated rings. The number of halogens is 3. The van der Waals surface area contributed by atoms with E-state index >= 15 is 0 Å². The van der Waals surface area contributed by atoms with Gasteiger partial charge < -0.3 is 16.8 Å². The van der Waals surface area contributed by atoms with Crippen molar-refractivity contribution in [2.24, 2.45) is 11.5 Å². The summed E-state index contributed by atoms with van der Waals surface area (Å²) in [4.78, 5) is 16.6. The van der Waals surface area contributed by atoms with E-state index in [9.17, 15) is 18.0 Å². The number of hydrogen-bond acceptors (Lipinski definition) is 5. The fourth-order valence-electron chi connectivity index (χ4n) is 2.53. The van der Waals surface area contributed by atoms with Crippen LogP contribution >= 0.6 is 0 Å². The molecule has 1 aromatic carbocycles. The zero-order valence-corrected chi connectivity index (χ0v) is 14.3. The number of aromatic nitrogens is 3. The van der Waals surface area contributed by atoms with Gasteiger partial charge in [-0.15, -0.1) is 0 Å². The molecule has 5 N–H and O–H groups in total. The minimum absolute atomic E-state index is 0.0321. The van der Waals surface area contributed by atoms with Crippen LogP contribution in [0.4, 0.5) is 13.2 Å². The SMILES string of the molecule is N/C=C\C=C(/N)NC(=O)c1cnn2ccc(-c3ccccc3C(F)(F)F)nc12. The average molecular weight is 388 g/mol. The summed E-state index contributed by atoms with van der Waals surface area (Å²) in [5.41, 5.74) is 10.1. The Balaban J connectivity index is 2.04. The quantitative estimate of drug-likeness (QED) is 0.595. The van der Waals surface area contributed by atoms with Crippen molar-refractivity contribution in [2.45, 2.75) is 6.18 Å². The Morgan fingerprint density at radius 3 is 2.68 bits per heavy atom. The van der Waals surface area contributed by atoms with Gasteiger partial charge in [0.25, 0.3) is 5.91 Å². The second-order valence-electron chi connectivity index (χ2n) is 5.64. The lowest BCUT2D eigenvalue weighted by molar-refractivity contribution is -0.137. The molecule has 0 bridgehead atoms. The summed E-state index contributed by atoms with van der Waals surface area (Å²) >= 11 is 0. The molecule has 0 spiro atoms. The van der Waals surface area contributed by atoms with E-state index in [4.69, 9.17) is 11.5 Å². The molecule has 7 nitrogen and oxygen atoms in total. The summed E-state index contributed by atoms with van der Waals surface area (Å²) < 4.78 is 41.2. The summed E-state index contributed by atoms with van der Waals surface area (Å²) in [7, 11) is 0. The molecule has 0 aliphatic heterocycles. The van der Waals surface area contributed by atoms with Gasteiger partial charge in [-0.3, -0.25) is 4.79 Å². The molecule has 0 saturated carbocycles. The first kappa shape index (κ1) is 19.0. The highest BCUT2D eigenvalue weighted by Crippen LogP contribution is 2.36. The van der Waals surface area contributed by atoms with E-state index in [1.54, 1.807) is 0 Å². The second kappa shape index (κ2) is 7.43. The Hall–Kier alpha value is -3.82. The van der Waals surface area contributed by atoms with Gasteiger partial charge in [0.05, 0.1) is 17.5 Å². The largest absolute Gasteiger partial charge is 0.417 e. The monoisotopic (exact) mass is 388 g/mol. The molecule has 3 aromatic rings. The number of allylic oxidation sites excluding steroid dienone is 2. The molecule has 144 valence electrons. The Bertz CT molecular complexity index is 1080. The van der Waals surface area contributed by atoms with Crippen molar-refractivity contribution in [1.82, 2.24) is 19.9 Å². The fraction of sp³-hybridized carbons (Fsp3) is 0.0556. The van der Waals surface area contributed by atoms with Crippen molar-refractivity contribution in [1.29, 1.82) is 0 Å². The predicted molar refractivity (Wildman–Crippen MR) is 96.5 cm³/mol. The number of amides is 1. The molecule has 2 aromatic heterocycles. The van der Waals surface area contributed by atoms with Crippen LogP contribution in [0.5, 0.6) is 0 Å². The third-order valence-corrected chi connectivity index (χ3v) is 3.77. The summed E-state index contributed by atoms with van der Waals surface area (Å²) in [5.74, 6) is -0.576. The van der Waals surface area contributed by atoms with E-state index in [1.165, 1.54) is 59.5 Å². The van der Waals surface area contributed by atoms with E-state index in [2.05, 4.69) is 15.4 Å². The van der Waals surface area contributed by atoms with Crippen LogP contribution in [-0.2, 0) is 6.18 Å². The normalized spacial score (nSPS) is 12.6. The van der Waals surface area contributed by atoms with Gasteiger partial charge in [-0.05, 0) is 30.5 Å². The van der Waals surface area contributed by atoms with Crippen LogP contribution in [-0.4, -0.2) is 20.5 Å². The molecule has 3 rings (SSSR count). The number of alkyl halides is 3. The number of nitrogens with one attached hydrogen (secondary N) is 1. The molecule has 0 radical (unpaired) electrons. The molecule has 2 heterocycles. The predicted octanol–water partition coefficient (Wildman–Crippen LogP) is 2.42. The summed E-state index contributed by atoms with van der Waals surface area (Å²) in [6.45, 7) is 0. The number of carbonyl (C=O) groups excluding carboxylic acids is 1. The van der Waals surface area contributed by atoms with Gasteiger partial charge in [-0.2, -0.15) is 18.3 Å². The lowest BCUT2D eigenvalue weighted by Crippen LogP contribution is -2.27. The molecule has 0 aliphatic carbocycles. The van der Waals surface area contributed by atoms with Gasteiger partial charge in [-0.1, -0.05) is 18.2 Å². The van der Waals surface area contributed by atoms with Gasteiger partial charge in [0.2, 0.25) is 0 Å². The minimum atomic E-state index is -4.54. The van der Waals surface area contributed by atoms with Crippen LogP contribution in [0.2, 0.25) is 0 Å². The number of rotatable bonds is 4. The summed E-state index contributed by atoms with van der Waals surface area (Å²) in [5, 5.41) is 6.42. The molecule has 0 atom stereocenters. The van der Waals surface area contributed by atoms with Crippen LogP contribution < -0.4 is 16.8 Å². The number of hydrogen-bond donors (Lipinski definition) is 3. The summed E-state index contributed by atoms with van der Waals surface area (Å²) in [6, 6.07) is 6.47. The maximum atomic E-state index is 13.3. The van der Waals surface area contributed by atoms with Gasteiger partial charge in [0.15, 0.2) is 5.65 Å². The van der Waals surface area contributed by atoms with Crippen molar-refractivity contribution in [2.75, 3.05) is 0 Å². The lowest BCUT2D eigenvalue weighted by Gasteiger charge is -2.12. The van der Waals surface area contributed by atoms with Crippen molar-refractivity contribution in [3.8, 4) is 11.3 Å². The zero-order valence-electron chi connectivity index (χ0n) is 14.3. The highest BCUT2D eigenvalue weighted by Gasteiger charge is 2.33.